The van der Waals surface area contributed by atoms with E-state index >= 15 is 0 Å². The van der Waals surface area contributed by atoms with Crippen molar-refractivity contribution in [2.24, 2.45) is 0 Å². The molecule has 1 aliphatic rings. The Balaban J connectivity index is 2.03. The molecule has 1 saturated heterocycles. The highest BCUT2D eigenvalue weighted by atomic mass is 16.7. The summed E-state index contributed by atoms with van der Waals surface area (Å²) in [5.74, 6) is -0.368. The number of esters is 1. The summed E-state index contributed by atoms with van der Waals surface area (Å²) in [7, 11) is 0. The van der Waals surface area contributed by atoms with E-state index in [4.69, 9.17) is 14.2 Å². The van der Waals surface area contributed by atoms with Gasteiger partial charge < -0.3 is 14.2 Å². The van der Waals surface area contributed by atoms with Crippen molar-refractivity contribution in [2.75, 3.05) is 19.8 Å². The fourth-order valence-corrected chi connectivity index (χ4v) is 1.81. The maximum atomic E-state index is 11.9. The average Bonchev–Trinajstić information content (AvgIpc) is 2.29. The molecular weight excluding hydrogens is 220 g/mol. The predicted octanol–water partition coefficient (Wildman–Crippen LogP) is 1.83. The van der Waals surface area contributed by atoms with Crippen LogP contribution < -0.4 is 0 Å². The first kappa shape index (κ1) is 12.1. The quantitative estimate of drug-likeness (QED) is 0.735. The van der Waals surface area contributed by atoms with Crippen LogP contribution in [0.5, 0.6) is 0 Å². The first-order chi connectivity index (χ1) is 8.15. The Morgan fingerprint density at radius 2 is 1.94 bits per heavy atom. The van der Waals surface area contributed by atoms with Crippen molar-refractivity contribution in [3.63, 3.8) is 0 Å². The van der Waals surface area contributed by atoms with Crippen molar-refractivity contribution >= 4 is 5.97 Å². The minimum Gasteiger partial charge on any atom is -0.430 e. The third-order valence-electron chi connectivity index (χ3n) is 2.48. The van der Waals surface area contributed by atoms with Crippen LogP contribution >= 0.6 is 0 Å². The highest BCUT2D eigenvalue weighted by Gasteiger charge is 2.19. The summed E-state index contributed by atoms with van der Waals surface area (Å²) in [6, 6.07) is 5.62. The van der Waals surface area contributed by atoms with E-state index < -0.39 is 6.29 Å². The number of benzene rings is 1. The number of carbonyl (C=O) groups excluding carboxylic acids is 1. The molecule has 0 saturated carbocycles. The van der Waals surface area contributed by atoms with Gasteiger partial charge in [0.25, 0.3) is 0 Å². The smallest absolute Gasteiger partial charge is 0.340 e. The normalized spacial score (nSPS) is 20.0. The minimum absolute atomic E-state index is 0.302. The number of aryl methyl sites for hydroxylation is 2. The van der Waals surface area contributed by atoms with Gasteiger partial charge in [0.1, 0.15) is 6.61 Å². The van der Waals surface area contributed by atoms with Crippen molar-refractivity contribution < 1.29 is 19.0 Å². The van der Waals surface area contributed by atoms with Crippen molar-refractivity contribution in [1.82, 2.24) is 0 Å². The zero-order chi connectivity index (χ0) is 12.3. The molecule has 0 bridgehead atoms. The van der Waals surface area contributed by atoms with E-state index in [0.29, 0.717) is 25.4 Å². The lowest BCUT2D eigenvalue weighted by atomic mass is 10.1. The molecule has 4 heteroatoms. The van der Waals surface area contributed by atoms with Gasteiger partial charge in [-0.2, -0.15) is 0 Å². The zero-order valence-corrected chi connectivity index (χ0v) is 10.1. The van der Waals surface area contributed by atoms with Crippen molar-refractivity contribution in [3.8, 4) is 0 Å². The summed E-state index contributed by atoms with van der Waals surface area (Å²) in [5.41, 5.74) is 2.63. The SMILES string of the molecule is Cc1cc(C)cc(C(=O)OC2COCCO2)c1. The first-order valence-electron chi connectivity index (χ1n) is 5.64. The van der Waals surface area contributed by atoms with Crippen molar-refractivity contribution in [3.05, 3.63) is 34.9 Å². The van der Waals surface area contributed by atoms with Crippen LogP contribution in [0.2, 0.25) is 0 Å². The lowest BCUT2D eigenvalue weighted by Crippen LogP contribution is -2.32. The van der Waals surface area contributed by atoms with Gasteiger partial charge in [0.15, 0.2) is 0 Å². The summed E-state index contributed by atoms with van der Waals surface area (Å²) in [6.45, 7) is 5.22. The maximum absolute atomic E-state index is 11.9. The van der Waals surface area contributed by atoms with Crippen LogP contribution in [0.3, 0.4) is 0 Å². The molecule has 2 rings (SSSR count). The van der Waals surface area contributed by atoms with Crippen LogP contribution in [0.15, 0.2) is 18.2 Å². The average molecular weight is 236 g/mol. The molecule has 0 aromatic heterocycles. The summed E-state index contributed by atoms with van der Waals surface area (Å²) in [5, 5.41) is 0. The molecule has 1 atom stereocenters. The molecule has 1 fully saturated rings. The Kier molecular flexibility index (Phi) is 3.76. The summed E-state index contributed by atoms with van der Waals surface area (Å²) < 4.78 is 15.6. The Bertz CT molecular complexity index is 388. The molecule has 0 spiro atoms. The molecule has 0 N–H and O–H groups in total. The van der Waals surface area contributed by atoms with E-state index in [1.54, 1.807) is 12.1 Å². The Labute approximate surface area is 100 Å². The van der Waals surface area contributed by atoms with Gasteiger partial charge in [0, 0.05) is 0 Å². The largest absolute Gasteiger partial charge is 0.430 e. The van der Waals surface area contributed by atoms with E-state index in [1.165, 1.54) is 0 Å². The highest BCUT2D eigenvalue weighted by Crippen LogP contribution is 2.12. The van der Waals surface area contributed by atoms with Crippen LogP contribution in [0.4, 0.5) is 0 Å². The van der Waals surface area contributed by atoms with Gasteiger partial charge in [-0.25, -0.2) is 4.79 Å². The standard InChI is InChI=1S/C13H16O4/c1-9-5-10(2)7-11(6-9)13(14)17-12-8-15-3-4-16-12/h5-7,12H,3-4,8H2,1-2H3. The second kappa shape index (κ2) is 5.29. The van der Waals surface area contributed by atoms with Crippen molar-refractivity contribution in [1.29, 1.82) is 0 Å². The van der Waals surface area contributed by atoms with Crippen LogP contribution in [0.1, 0.15) is 21.5 Å². The lowest BCUT2D eigenvalue weighted by Gasteiger charge is -2.22. The molecular formula is C13H16O4. The lowest BCUT2D eigenvalue weighted by molar-refractivity contribution is -0.186. The van der Waals surface area contributed by atoms with Gasteiger partial charge in [0.2, 0.25) is 6.29 Å². The van der Waals surface area contributed by atoms with Crippen LogP contribution in [-0.4, -0.2) is 32.1 Å². The summed E-state index contributed by atoms with van der Waals surface area (Å²) in [6.07, 6.45) is -0.586. The number of ether oxygens (including phenoxy) is 3. The fourth-order valence-electron chi connectivity index (χ4n) is 1.81. The topological polar surface area (TPSA) is 44.8 Å². The molecule has 0 radical (unpaired) electrons. The Hall–Kier alpha value is -1.39. The van der Waals surface area contributed by atoms with Crippen LogP contribution in [-0.2, 0) is 14.2 Å². The van der Waals surface area contributed by atoms with Gasteiger partial charge in [-0.3, -0.25) is 0 Å². The number of hydrogen-bond acceptors (Lipinski definition) is 4. The van der Waals surface area contributed by atoms with E-state index in [0.717, 1.165) is 11.1 Å². The third-order valence-corrected chi connectivity index (χ3v) is 2.48. The molecule has 1 aliphatic heterocycles. The third kappa shape index (κ3) is 3.28. The Morgan fingerprint density at radius 1 is 1.24 bits per heavy atom. The Morgan fingerprint density at radius 3 is 2.53 bits per heavy atom. The number of rotatable bonds is 2. The zero-order valence-electron chi connectivity index (χ0n) is 10.1. The highest BCUT2D eigenvalue weighted by molar-refractivity contribution is 5.89. The molecule has 1 aromatic rings. The molecule has 1 aromatic carbocycles. The van der Waals surface area contributed by atoms with Crippen LogP contribution in [0.25, 0.3) is 0 Å². The van der Waals surface area contributed by atoms with E-state index in [2.05, 4.69) is 0 Å². The van der Waals surface area contributed by atoms with Crippen LogP contribution in [0, 0.1) is 13.8 Å². The fraction of sp³-hybridized carbons (Fsp3) is 0.462. The predicted molar refractivity (Wildman–Crippen MR) is 61.9 cm³/mol. The van der Waals surface area contributed by atoms with Gasteiger partial charge in [-0.1, -0.05) is 17.2 Å². The van der Waals surface area contributed by atoms with Crippen molar-refractivity contribution in [2.45, 2.75) is 20.1 Å². The van der Waals surface area contributed by atoms with E-state index in [1.807, 2.05) is 19.9 Å². The van der Waals surface area contributed by atoms with Gasteiger partial charge >= 0.3 is 5.97 Å². The van der Waals surface area contributed by atoms with Gasteiger partial charge in [-0.15, -0.1) is 0 Å². The molecule has 4 nitrogen and oxygen atoms in total. The number of hydrogen-bond donors (Lipinski definition) is 0. The molecule has 0 amide bonds. The summed E-state index contributed by atoms with van der Waals surface area (Å²) >= 11 is 0. The first-order valence-corrected chi connectivity index (χ1v) is 5.64. The molecule has 0 aliphatic carbocycles. The minimum atomic E-state index is -0.586. The second-order valence-corrected chi connectivity index (χ2v) is 4.16. The van der Waals surface area contributed by atoms with E-state index in [-0.39, 0.29) is 5.97 Å². The monoisotopic (exact) mass is 236 g/mol. The maximum Gasteiger partial charge on any atom is 0.340 e. The molecule has 1 unspecified atom stereocenters. The van der Waals surface area contributed by atoms with Gasteiger partial charge in [-0.05, 0) is 26.0 Å². The van der Waals surface area contributed by atoms with E-state index in [9.17, 15) is 4.79 Å². The molecule has 1 heterocycles. The molecule has 17 heavy (non-hydrogen) atoms. The summed E-state index contributed by atoms with van der Waals surface area (Å²) in [4.78, 5) is 11.9. The molecule has 92 valence electrons. The number of carbonyl (C=O) groups is 1. The van der Waals surface area contributed by atoms with Gasteiger partial charge in [0.05, 0.1) is 18.8 Å². The second-order valence-electron chi connectivity index (χ2n) is 4.16.